The molecule has 0 radical (unpaired) electrons. The zero-order chi connectivity index (χ0) is 11.9. The largest absolute Gasteiger partial charge is 0.389 e. The van der Waals surface area contributed by atoms with E-state index >= 15 is 0 Å². The fourth-order valence-corrected chi connectivity index (χ4v) is 2.51. The number of aliphatic hydroxyl groups excluding tert-OH is 1. The molecule has 0 saturated heterocycles. The first-order chi connectivity index (χ1) is 7.50. The summed E-state index contributed by atoms with van der Waals surface area (Å²) >= 11 is 1.49. The second-order valence-electron chi connectivity index (χ2n) is 3.78. The Morgan fingerprint density at radius 2 is 1.94 bits per heavy atom. The van der Waals surface area contributed by atoms with Crippen LogP contribution in [0.2, 0.25) is 0 Å². The van der Waals surface area contributed by atoms with E-state index in [1.54, 1.807) is 11.6 Å². The van der Waals surface area contributed by atoms with E-state index in [1.165, 1.54) is 11.3 Å². The molecule has 0 spiro atoms. The van der Waals surface area contributed by atoms with Crippen LogP contribution in [-0.2, 0) is 0 Å². The summed E-state index contributed by atoms with van der Waals surface area (Å²) in [6.07, 6.45) is -0.511. The standard InChI is InChI=1S/C10H14N4OS/c1-5-9(7(3)15)6(2)14(13-5)10-12-11-8(4)16-10/h7,15H,1-4H3. The smallest absolute Gasteiger partial charge is 0.233 e. The van der Waals surface area contributed by atoms with Crippen molar-refractivity contribution in [1.29, 1.82) is 0 Å². The molecule has 6 heteroatoms. The van der Waals surface area contributed by atoms with Gasteiger partial charge in [0.25, 0.3) is 0 Å². The van der Waals surface area contributed by atoms with E-state index in [2.05, 4.69) is 15.3 Å². The topological polar surface area (TPSA) is 63.8 Å². The molecular formula is C10H14N4OS. The van der Waals surface area contributed by atoms with Crippen molar-refractivity contribution in [3.63, 3.8) is 0 Å². The first kappa shape index (κ1) is 11.2. The van der Waals surface area contributed by atoms with Crippen molar-refractivity contribution in [2.45, 2.75) is 33.8 Å². The molecule has 16 heavy (non-hydrogen) atoms. The summed E-state index contributed by atoms with van der Waals surface area (Å²) in [7, 11) is 0. The second kappa shape index (κ2) is 3.95. The highest BCUT2D eigenvalue weighted by Crippen LogP contribution is 2.24. The van der Waals surface area contributed by atoms with Crippen molar-refractivity contribution >= 4 is 11.3 Å². The Morgan fingerprint density at radius 1 is 1.25 bits per heavy atom. The molecule has 1 atom stereocenters. The fraction of sp³-hybridized carbons (Fsp3) is 0.500. The molecule has 0 aromatic carbocycles. The molecule has 0 aliphatic heterocycles. The van der Waals surface area contributed by atoms with Crippen LogP contribution < -0.4 is 0 Å². The number of aryl methyl sites for hydroxylation is 2. The van der Waals surface area contributed by atoms with Crippen LogP contribution in [0.4, 0.5) is 0 Å². The highest BCUT2D eigenvalue weighted by atomic mass is 32.1. The quantitative estimate of drug-likeness (QED) is 0.865. The van der Waals surface area contributed by atoms with Crippen LogP contribution in [0.15, 0.2) is 0 Å². The van der Waals surface area contributed by atoms with Gasteiger partial charge in [-0.05, 0) is 27.7 Å². The van der Waals surface area contributed by atoms with Gasteiger partial charge < -0.3 is 5.11 Å². The van der Waals surface area contributed by atoms with Gasteiger partial charge in [0.2, 0.25) is 5.13 Å². The first-order valence-electron chi connectivity index (χ1n) is 5.05. The summed E-state index contributed by atoms with van der Waals surface area (Å²) in [4.78, 5) is 0. The van der Waals surface area contributed by atoms with Crippen LogP contribution in [-0.4, -0.2) is 25.1 Å². The number of nitrogens with zero attached hydrogens (tertiary/aromatic N) is 4. The SMILES string of the molecule is Cc1nnc(-n2nc(C)c(C(C)O)c2C)s1. The normalized spacial score (nSPS) is 13.1. The minimum Gasteiger partial charge on any atom is -0.389 e. The number of aliphatic hydroxyl groups is 1. The average molecular weight is 238 g/mol. The third-order valence-electron chi connectivity index (χ3n) is 2.46. The van der Waals surface area contributed by atoms with E-state index in [0.29, 0.717) is 0 Å². The maximum absolute atomic E-state index is 9.66. The van der Waals surface area contributed by atoms with Gasteiger partial charge >= 0.3 is 0 Å². The molecule has 2 heterocycles. The highest BCUT2D eigenvalue weighted by Gasteiger charge is 2.18. The summed E-state index contributed by atoms with van der Waals surface area (Å²) in [6.45, 7) is 7.47. The molecule has 0 saturated carbocycles. The van der Waals surface area contributed by atoms with Crippen molar-refractivity contribution in [3.8, 4) is 5.13 Å². The van der Waals surface area contributed by atoms with Crippen LogP contribution in [0.5, 0.6) is 0 Å². The monoisotopic (exact) mass is 238 g/mol. The molecule has 0 amide bonds. The van der Waals surface area contributed by atoms with Crippen molar-refractivity contribution < 1.29 is 5.11 Å². The van der Waals surface area contributed by atoms with E-state index < -0.39 is 6.10 Å². The molecule has 1 N–H and O–H groups in total. The molecule has 2 rings (SSSR count). The van der Waals surface area contributed by atoms with Gasteiger partial charge in [0.05, 0.1) is 11.8 Å². The predicted octanol–water partition coefficient (Wildman–Crippen LogP) is 1.70. The maximum atomic E-state index is 9.66. The Labute approximate surface area is 97.8 Å². The molecular weight excluding hydrogens is 224 g/mol. The lowest BCUT2D eigenvalue weighted by Crippen LogP contribution is -2.00. The van der Waals surface area contributed by atoms with E-state index in [9.17, 15) is 5.11 Å². The lowest BCUT2D eigenvalue weighted by molar-refractivity contribution is 0.198. The summed E-state index contributed by atoms with van der Waals surface area (Å²) < 4.78 is 1.74. The molecule has 0 bridgehead atoms. The third-order valence-corrected chi connectivity index (χ3v) is 3.28. The minimum atomic E-state index is -0.511. The van der Waals surface area contributed by atoms with E-state index in [0.717, 1.165) is 27.1 Å². The zero-order valence-electron chi connectivity index (χ0n) is 9.72. The molecule has 0 fully saturated rings. The lowest BCUT2D eigenvalue weighted by Gasteiger charge is -2.04. The average Bonchev–Trinajstić information content (AvgIpc) is 2.70. The van der Waals surface area contributed by atoms with Gasteiger partial charge in [0.15, 0.2) is 0 Å². The first-order valence-corrected chi connectivity index (χ1v) is 5.87. The Hall–Kier alpha value is -1.27. The molecule has 0 aliphatic carbocycles. The molecule has 5 nitrogen and oxygen atoms in total. The Kier molecular flexibility index (Phi) is 2.77. The Bertz CT molecular complexity index is 515. The van der Waals surface area contributed by atoms with Crippen molar-refractivity contribution in [1.82, 2.24) is 20.0 Å². The van der Waals surface area contributed by atoms with Gasteiger partial charge in [0, 0.05) is 11.3 Å². The van der Waals surface area contributed by atoms with E-state index in [1.807, 2.05) is 20.8 Å². The molecule has 1 unspecified atom stereocenters. The second-order valence-corrected chi connectivity index (χ2v) is 4.94. The number of hydrogen-bond donors (Lipinski definition) is 1. The maximum Gasteiger partial charge on any atom is 0.233 e. The summed E-state index contributed by atoms with van der Waals surface area (Å²) in [5.41, 5.74) is 2.62. The van der Waals surface area contributed by atoms with Gasteiger partial charge in [-0.15, -0.1) is 10.2 Å². The lowest BCUT2D eigenvalue weighted by atomic mass is 10.1. The molecule has 2 aromatic heterocycles. The van der Waals surface area contributed by atoms with Crippen molar-refractivity contribution in [2.75, 3.05) is 0 Å². The number of hydrogen-bond acceptors (Lipinski definition) is 5. The zero-order valence-corrected chi connectivity index (χ0v) is 10.5. The number of rotatable bonds is 2. The molecule has 86 valence electrons. The van der Waals surface area contributed by atoms with Crippen LogP contribution in [0.25, 0.3) is 5.13 Å². The van der Waals surface area contributed by atoms with Crippen molar-refractivity contribution in [3.05, 3.63) is 22.0 Å². The molecule has 2 aromatic rings. The van der Waals surface area contributed by atoms with Gasteiger partial charge in [-0.25, -0.2) is 4.68 Å². The number of aromatic nitrogens is 4. The minimum absolute atomic E-state index is 0.511. The predicted molar refractivity (Wildman–Crippen MR) is 61.9 cm³/mol. The van der Waals surface area contributed by atoms with E-state index in [-0.39, 0.29) is 0 Å². The fourth-order valence-electron chi connectivity index (χ4n) is 1.82. The molecule has 0 aliphatic rings. The van der Waals surface area contributed by atoms with Crippen LogP contribution in [0.3, 0.4) is 0 Å². The van der Waals surface area contributed by atoms with Gasteiger partial charge in [-0.2, -0.15) is 5.10 Å². The summed E-state index contributed by atoms with van der Waals surface area (Å²) in [6, 6.07) is 0. The van der Waals surface area contributed by atoms with Gasteiger partial charge in [-0.3, -0.25) is 0 Å². The van der Waals surface area contributed by atoms with Crippen LogP contribution in [0, 0.1) is 20.8 Å². The van der Waals surface area contributed by atoms with Crippen LogP contribution >= 0.6 is 11.3 Å². The van der Waals surface area contributed by atoms with Gasteiger partial charge in [0.1, 0.15) is 5.01 Å². The Morgan fingerprint density at radius 3 is 2.38 bits per heavy atom. The summed E-state index contributed by atoms with van der Waals surface area (Å²) in [5, 5.41) is 23.7. The highest BCUT2D eigenvalue weighted by molar-refractivity contribution is 7.13. The van der Waals surface area contributed by atoms with E-state index in [4.69, 9.17) is 0 Å². The Balaban J connectivity index is 2.55. The third kappa shape index (κ3) is 1.74. The van der Waals surface area contributed by atoms with Crippen LogP contribution in [0.1, 0.15) is 35.0 Å². The van der Waals surface area contributed by atoms with Gasteiger partial charge in [-0.1, -0.05) is 11.3 Å². The summed E-state index contributed by atoms with van der Waals surface area (Å²) in [5.74, 6) is 0. The van der Waals surface area contributed by atoms with Crippen molar-refractivity contribution in [2.24, 2.45) is 0 Å².